The topological polar surface area (TPSA) is 84.3 Å². The third-order valence-electron chi connectivity index (χ3n) is 6.98. The van der Waals surface area contributed by atoms with Crippen LogP contribution in [0.3, 0.4) is 0 Å². The zero-order valence-electron chi connectivity index (χ0n) is 17.9. The van der Waals surface area contributed by atoms with Crippen LogP contribution in [0.4, 0.5) is 5.69 Å². The van der Waals surface area contributed by atoms with E-state index in [1.54, 1.807) is 17.1 Å². The Morgan fingerprint density at radius 2 is 1.78 bits per heavy atom. The van der Waals surface area contributed by atoms with Gasteiger partial charge in [-0.3, -0.25) is 24.3 Å². The van der Waals surface area contributed by atoms with Crippen LogP contribution in [0, 0.1) is 5.92 Å². The van der Waals surface area contributed by atoms with Crippen LogP contribution in [0.2, 0.25) is 5.02 Å². The minimum absolute atomic E-state index is 0.0447. The van der Waals surface area contributed by atoms with Crippen LogP contribution in [-0.4, -0.2) is 34.5 Å². The largest absolute Gasteiger partial charge is 0.366 e. The highest BCUT2D eigenvalue weighted by Gasteiger charge is 2.32. The predicted octanol–water partition coefficient (Wildman–Crippen LogP) is 3.21. The molecule has 5 rings (SSSR count). The van der Waals surface area contributed by atoms with E-state index < -0.39 is 0 Å². The van der Waals surface area contributed by atoms with Gasteiger partial charge in [0.25, 0.3) is 5.56 Å². The fourth-order valence-electron chi connectivity index (χ4n) is 4.94. The Bertz CT molecular complexity index is 1100. The molecule has 1 aromatic carbocycles. The summed E-state index contributed by atoms with van der Waals surface area (Å²) >= 11 is 6.79. The Labute approximate surface area is 191 Å². The number of anilines is 1. The summed E-state index contributed by atoms with van der Waals surface area (Å²) in [5.41, 5.74) is 2.57. The van der Waals surface area contributed by atoms with Crippen molar-refractivity contribution in [2.45, 2.75) is 56.9 Å². The van der Waals surface area contributed by atoms with Crippen molar-refractivity contribution >= 4 is 29.1 Å². The lowest BCUT2D eigenvalue weighted by molar-refractivity contribution is -0.134. The molecule has 3 aliphatic rings. The molecule has 32 heavy (non-hydrogen) atoms. The lowest BCUT2D eigenvalue weighted by atomic mass is 9.84. The molecule has 1 saturated carbocycles. The number of amides is 2. The molecule has 3 heterocycles. The summed E-state index contributed by atoms with van der Waals surface area (Å²) < 4.78 is 1.75. The zero-order valence-corrected chi connectivity index (χ0v) is 18.7. The van der Waals surface area contributed by atoms with Crippen LogP contribution in [0.15, 0.2) is 35.5 Å². The molecule has 0 spiro atoms. The minimum Gasteiger partial charge on any atom is -0.366 e. The van der Waals surface area contributed by atoms with E-state index in [2.05, 4.69) is 15.2 Å². The number of aromatic nitrogens is 2. The number of nitrogens with one attached hydrogen (secondary N) is 1. The molecule has 2 saturated heterocycles. The van der Waals surface area contributed by atoms with E-state index in [1.807, 2.05) is 18.2 Å². The fourth-order valence-corrected chi connectivity index (χ4v) is 5.35. The Morgan fingerprint density at radius 3 is 2.50 bits per heavy atom. The van der Waals surface area contributed by atoms with Crippen LogP contribution in [-0.2, 0) is 16.1 Å². The molecule has 0 radical (unpaired) electrons. The maximum atomic E-state index is 12.9. The van der Waals surface area contributed by atoms with E-state index in [1.165, 1.54) is 12.8 Å². The molecule has 1 aliphatic carbocycles. The van der Waals surface area contributed by atoms with Crippen LogP contribution in [0.1, 0.15) is 61.5 Å². The number of hydrogen-bond donors (Lipinski definition) is 1. The Kier molecular flexibility index (Phi) is 5.76. The van der Waals surface area contributed by atoms with E-state index in [-0.39, 0.29) is 29.2 Å². The maximum absolute atomic E-state index is 12.9. The van der Waals surface area contributed by atoms with Gasteiger partial charge in [0, 0.05) is 31.1 Å². The van der Waals surface area contributed by atoms with Crippen LogP contribution < -0.4 is 15.8 Å². The van der Waals surface area contributed by atoms with Gasteiger partial charge in [0.05, 0.1) is 18.4 Å². The van der Waals surface area contributed by atoms with Gasteiger partial charge >= 0.3 is 0 Å². The fraction of sp³-hybridized carbons (Fsp3) is 0.500. The molecule has 168 valence electrons. The standard InChI is InChI=1S/C24H27ClN4O3/c25-22-17(2-1-3-18(22)19-6-7-21(30)27-23(19)31)16-8-10-28(11-9-16)20-12-26-14-29(24(20)32)13-15-4-5-15/h1-3,12,14-16,19H,4-11,13H2,(H,27,30,31). The Hall–Kier alpha value is -2.67. The van der Waals surface area contributed by atoms with Crippen molar-refractivity contribution in [2.75, 3.05) is 18.0 Å². The van der Waals surface area contributed by atoms with Crippen molar-refractivity contribution in [3.05, 3.63) is 57.2 Å². The number of carbonyl (C=O) groups is 2. The number of carbonyl (C=O) groups excluding carboxylic acids is 2. The molecule has 1 atom stereocenters. The van der Waals surface area contributed by atoms with Crippen molar-refractivity contribution in [1.82, 2.24) is 14.9 Å². The molecular weight excluding hydrogens is 428 g/mol. The van der Waals surface area contributed by atoms with Crippen LogP contribution >= 0.6 is 11.6 Å². The number of nitrogens with zero attached hydrogens (tertiary/aromatic N) is 3. The molecule has 2 amide bonds. The molecule has 0 bridgehead atoms. The highest BCUT2D eigenvalue weighted by molar-refractivity contribution is 6.32. The minimum atomic E-state index is -0.388. The van der Waals surface area contributed by atoms with Gasteiger partial charge in [-0.1, -0.05) is 29.8 Å². The molecular formula is C24H27ClN4O3. The summed E-state index contributed by atoms with van der Waals surface area (Å²) in [5.74, 6) is -0.00106. The van der Waals surface area contributed by atoms with Crippen molar-refractivity contribution in [3.63, 3.8) is 0 Å². The first kappa shape index (κ1) is 21.2. The van der Waals surface area contributed by atoms with Gasteiger partial charge in [-0.05, 0) is 55.1 Å². The monoisotopic (exact) mass is 454 g/mol. The number of hydrogen-bond acceptors (Lipinski definition) is 5. The third-order valence-corrected chi connectivity index (χ3v) is 7.42. The van der Waals surface area contributed by atoms with Gasteiger partial charge < -0.3 is 4.90 Å². The van der Waals surface area contributed by atoms with Gasteiger partial charge in [-0.25, -0.2) is 4.98 Å². The van der Waals surface area contributed by atoms with Gasteiger partial charge in [-0.2, -0.15) is 0 Å². The first-order chi connectivity index (χ1) is 15.5. The normalized spacial score (nSPS) is 22.2. The van der Waals surface area contributed by atoms with E-state index in [9.17, 15) is 14.4 Å². The van der Waals surface area contributed by atoms with Crippen molar-refractivity contribution in [2.24, 2.45) is 5.92 Å². The molecule has 8 heteroatoms. The van der Waals surface area contributed by atoms with E-state index in [4.69, 9.17) is 11.6 Å². The quantitative estimate of drug-likeness (QED) is 0.701. The lowest BCUT2D eigenvalue weighted by Crippen LogP contribution is -2.39. The summed E-state index contributed by atoms with van der Waals surface area (Å²) in [6.45, 7) is 2.28. The van der Waals surface area contributed by atoms with Crippen LogP contribution in [0.25, 0.3) is 0 Å². The highest BCUT2D eigenvalue weighted by Crippen LogP contribution is 2.39. The molecule has 2 aromatic rings. The van der Waals surface area contributed by atoms with Gasteiger partial charge in [0.15, 0.2) is 0 Å². The van der Waals surface area contributed by atoms with Crippen molar-refractivity contribution in [3.8, 4) is 0 Å². The first-order valence-corrected chi connectivity index (χ1v) is 11.8. The summed E-state index contributed by atoms with van der Waals surface area (Å²) in [6, 6.07) is 5.87. The summed E-state index contributed by atoms with van der Waals surface area (Å²) in [4.78, 5) is 43.2. The smallest absolute Gasteiger partial charge is 0.276 e. The zero-order chi connectivity index (χ0) is 22.2. The third kappa shape index (κ3) is 4.18. The number of imide groups is 1. The summed E-state index contributed by atoms with van der Waals surface area (Å²) in [7, 11) is 0. The van der Waals surface area contributed by atoms with E-state index >= 15 is 0 Å². The average molecular weight is 455 g/mol. The highest BCUT2D eigenvalue weighted by atomic mass is 35.5. The number of halogens is 1. The molecule has 2 aliphatic heterocycles. The second kappa shape index (κ2) is 8.70. The molecule has 1 unspecified atom stereocenters. The van der Waals surface area contributed by atoms with Gasteiger partial charge in [0.1, 0.15) is 5.69 Å². The van der Waals surface area contributed by atoms with Gasteiger partial charge in [0.2, 0.25) is 11.8 Å². The van der Waals surface area contributed by atoms with Crippen molar-refractivity contribution < 1.29 is 9.59 Å². The lowest BCUT2D eigenvalue weighted by Gasteiger charge is -2.34. The van der Waals surface area contributed by atoms with Crippen molar-refractivity contribution in [1.29, 1.82) is 0 Å². The number of rotatable bonds is 5. The average Bonchev–Trinajstić information content (AvgIpc) is 3.60. The number of benzene rings is 1. The molecule has 1 aromatic heterocycles. The SMILES string of the molecule is O=C1CCC(c2cccc(C3CCN(c4cncn(CC5CC5)c4=O)CC3)c2Cl)C(=O)N1. The van der Waals surface area contributed by atoms with Gasteiger partial charge in [-0.15, -0.1) is 0 Å². The maximum Gasteiger partial charge on any atom is 0.276 e. The second-order valence-electron chi connectivity index (χ2n) is 9.20. The summed E-state index contributed by atoms with van der Waals surface area (Å²) in [5, 5.41) is 3.06. The number of piperidine rings is 2. The predicted molar refractivity (Wildman–Crippen MR) is 122 cm³/mol. The Balaban J connectivity index is 1.30. The van der Waals surface area contributed by atoms with E-state index in [0.717, 1.165) is 43.6 Å². The molecule has 7 nitrogen and oxygen atoms in total. The molecule has 3 fully saturated rings. The second-order valence-corrected chi connectivity index (χ2v) is 9.57. The summed E-state index contributed by atoms with van der Waals surface area (Å²) in [6.07, 6.45) is 8.28. The van der Waals surface area contributed by atoms with Crippen LogP contribution in [0.5, 0.6) is 0 Å². The van der Waals surface area contributed by atoms with E-state index in [0.29, 0.717) is 29.5 Å². The Morgan fingerprint density at radius 1 is 1.03 bits per heavy atom. The molecule has 1 N–H and O–H groups in total. The first-order valence-electron chi connectivity index (χ1n) is 11.4.